The summed E-state index contributed by atoms with van der Waals surface area (Å²) < 4.78 is 6.74. The quantitative estimate of drug-likeness (QED) is 0.541. The van der Waals surface area contributed by atoms with Crippen molar-refractivity contribution in [3.05, 3.63) is 77.8 Å². The van der Waals surface area contributed by atoms with Gasteiger partial charge in [-0.05, 0) is 30.3 Å². The Hall–Kier alpha value is -3.38. The number of ether oxygens (including phenoxy) is 1. The SMILES string of the molecule is Nc1nccc2scc(C(=O)Nc3cccc(Oc4ccccc4)c3)c12. The van der Waals surface area contributed by atoms with Gasteiger partial charge in [0.1, 0.15) is 17.3 Å². The first-order valence-corrected chi connectivity index (χ1v) is 8.85. The molecular weight excluding hydrogens is 346 g/mol. The Kier molecular flexibility index (Phi) is 4.25. The zero-order chi connectivity index (χ0) is 17.9. The monoisotopic (exact) mass is 361 g/mol. The molecule has 0 fully saturated rings. The Morgan fingerprint density at radius 1 is 1.04 bits per heavy atom. The maximum Gasteiger partial charge on any atom is 0.257 e. The Labute approximate surface area is 154 Å². The van der Waals surface area contributed by atoms with E-state index < -0.39 is 0 Å². The lowest BCUT2D eigenvalue weighted by atomic mass is 10.2. The first kappa shape index (κ1) is 16.1. The Morgan fingerprint density at radius 2 is 1.85 bits per heavy atom. The zero-order valence-corrected chi connectivity index (χ0v) is 14.5. The molecule has 0 atom stereocenters. The van der Waals surface area contributed by atoms with Crippen LogP contribution in [0.2, 0.25) is 0 Å². The molecule has 1 amide bonds. The summed E-state index contributed by atoms with van der Waals surface area (Å²) in [5, 5.41) is 5.38. The molecule has 2 heterocycles. The van der Waals surface area contributed by atoms with E-state index >= 15 is 0 Å². The predicted molar refractivity (Wildman–Crippen MR) is 105 cm³/mol. The van der Waals surface area contributed by atoms with Gasteiger partial charge in [-0.2, -0.15) is 0 Å². The molecule has 5 nitrogen and oxygen atoms in total. The molecule has 128 valence electrons. The number of fused-ring (bicyclic) bond motifs is 1. The van der Waals surface area contributed by atoms with E-state index in [1.165, 1.54) is 11.3 Å². The van der Waals surface area contributed by atoms with E-state index in [0.29, 0.717) is 28.2 Å². The van der Waals surface area contributed by atoms with E-state index in [1.54, 1.807) is 17.6 Å². The maximum absolute atomic E-state index is 12.7. The Morgan fingerprint density at radius 3 is 2.69 bits per heavy atom. The fourth-order valence-electron chi connectivity index (χ4n) is 2.64. The molecule has 2 aromatic carbocycles. The largest absolute Gasteiger partial charge is 0.457 e. The molecular formula is C20H15N3O2S. The van der Waals surface area contributed by atoms with Crippen LogP contribution in [-0.4, -0.2) is 10.9 Å². The number of benzene rings is 2. The van der Waals surface area contributed by atoms with Crippen molar-refractivity contribution in [3.8, 4) is 11.5 Å². The zero-order valence-electron chi connectivity index (χ0n) is 13.7. The highest BCUT2D eigenvalue weighted by atomic mass is 32.1. The minimum atomic E-state index is -0.229. The van der Waals surface area contributed by atoms with Gasteiger partial charge < -0.3 is 15.8 Å². The summed E-state index contributed by atoms with van der Waals surface area (Å²) in [4.78, 5) is 16.8. The number of carbonyl (C=O) groups excluding carboxylic acids is 1. The van der Waals surface area contributed by atoms with Gasteiger partial charge in [0, 0.05) is 33.4 Å². The molecule has 0 saturated carbocycles. The minimum absolute atomic E-state index is 0.229. The number of nitrogens with two attached hydrogens (primary N) is 1. The number of thiophene rings is 1. The van der Waals surface area contributed by atoms with E-state index in [-0.39, 0.29) is 5.91 Å². The van der Waals surface area contributed by atoms with E-state index in [1.807, 2.05) is 54.6 Å². The molecule has 0 aliphatic heterocycles. The van der Waals surface area contributed by atoms with Crippen molar-refractivity contribution in [1.82, 2.24) is 4.98 Å². The molecule has 0 radical (unpaired) electrons. The van der Waals surface area contributed by atoms with Crippen molar-refractivity contribution in [3.63, 3.8) is 0 Å². The minimum Gasteiger partial charge on any atom is -0.457 e. The van der Waals surface area contributed by atoms with E-state index in [4.69, 9.17) is 10.5 Å². The number of hydrogen-bond donors (Lipinski definition) is 2. The lowest BCUT2D eigenvalue weighted by Crippen LogP contribution is -2.11. The Bertz CT molecular complexity index is 1080. The summed E-state index contributed by atoms with van der Waals surface area (Å²) in [5.74, 6) is 1.51. The number of rotatable bonds is 4. The number of pyridine rings is 1. The van der Waals surface area contributed by atoms with Crippen LogP contribution in [-0.2, 0) is 0 Å². The van der Waals surface area contributed by atoms with Crippen molar-refractivity contribution in [2.24, 2.45) is 0 Å². The number of para-hydroxylation sites is 1. The van der Waals surface area contributed by atoms with Crippen LogP contribution in [0.5, 0.6) is 11.5 Å². The molecule has 4 rings (SSSR count). The average Bonchev–Trinajstić information content (AvgIpc) is 3.09. The molecule has 0 unspecified atom stereocenters. The van der Waals surface area contributed by atoms with Gasteiger partial charge in [0.25, 0.3) is 5.91 Å². The summed E-state index contributed by atoms with van der Waals surface area (Å²) in [6.07, 6.45) is 1.64. The molecule has 0 spiro atoms. The molecule has 0 saturated heterocycles. The van der Waals surface area contributed by atoms with Crippen LogP contribution in [0, 0.1) is 0 Å². The summed E-state index contributed by atoms with van der Waals surface area (Å²) in [6.45, 7) is 0. The normalized spacial score (nSPS) is 10.6. The molecule has 6 heteroatoms. The van der Waals surface area contributed by atoms with Crippen molar-refractivity contribution in [2.75, 3.05) is 11.1 Å². The van der Waals surface area contributed by atoms with Crippen molar-refractivity contribution >= 4 is 38.8 Å². The number of amides is 1. The number of hydrogen-bond acceptors (Lipinski definition) is 5. The third-order valence-electron chi connectivity index (χ3n) is 3.83. The van der Waals surface area contributed by atoms with E-state index in [0.717, 1.165) is 10.4 Å². The van der Waals surface area contributed by atoms with Crippen LogP contribution in [0.1, 0.15) is 10.4 Å². The van der Waals surface area contributed by atoms with Crippen LogP contribution in [0.25, 0.3) is 10.1 Å². The first-order valence-electron chi connectivity index (χ1n) is 7.97. The summed E-state index contributed by atoms with van der Waals surface area (Å²) >= 11 is 1.47. The van der Waals surface area contributed by atoms with Crippen LogP contribution in [0.15, 0.2) is 72.2 Å². The highest BCUT2D eigenvalue weighted by Crippen LogP contribution is 2.30. The van der Waals surface area contributed by atoms with Gasteiger partial charge in [0.05, 0.1) is 5.56 Å². The van der Waals surface area contributed by atoms with E-state index in [9.17, 15) is 4.79 Å². The topological polar surface area (TPSA) is 77.2 Å². The van der Waals surface area contributed by atoms with Crippen molar-refractivity contribution < 1.29 is 9.53 Å². The number of nitrogens with zero attached hydrogens (tertiary/aromatic N) is 1. The van der Waals surface area contributed by atoms with Gasteiger partial charge in [-0.3, -0.25) is 4.79 Å². The fourth-order valence-corrected chi connectivity index (χ4v) is 3.58. The second-order valence-corrected chi connectivity index (χ2v) is 6.53. The molecule has 3 N–H and O–H groups in total. The second-order valence-electron chi connectivity index (χ2n) is 5.62. The molecule has 0 aliphatic carbocycles. The summed E-state index contributed by atoms with van der Waals surface area (Å²) in [7, 11) is 0. The van der Waals surface area contributed by atoms with Gasteiger partial charge in [-0.25, -0.2) is 4.98 Å². The predicted octanol–water partition coefficient (Wildman–Crippen LogP) is 4.92. The molecule has 0 bridgehead atoms. The van der Waals surface area contributed by atoms with Crippen molar-refractivity contribution in [2.45, 2.75) is 0 Å². The van der Waals surface area contributed by atoms with Gasteiger partial charge in [0.2, 0.25) is 0 Å². The highest BCUT2D eigenvalue weighted by Gasteiger charge is 2.15. The number of aromatic nitrogens is 1. The Balaban J connectivity index is 1.57. The number of anilines is 2. The second kappa shape index (κ2) is 6.85. The van der Waals surface area contributed by atoms with Crippen LogP contribution >= 0.6 is 11.3 Å². The average molecular weight is 361 g/mol. The standard InChI is InChI=1S/C20H15N3O2S/c21-19-18-16(12-26-17(18)9-10-22-19)20(24)23-13-5-4-8-15(11-13)25-14-6-2-1-3-7-14/h1-12H,(H2,21,22)(H,23,24). The third-order valence-corrected chi connectivity index (χ3v) is 4.78. The lowest BCUT2D eigenvalue weighted by Gasteiger charge is -2.09. The van der Waals surface area contributed by atoms with Crippen molar-refractivity contribution in [1.29, 1.82) is 0 Å². The van der Waals surface area contributed by atoms with Crippen LogP contribution in [0.4, 0.5) is 11.5 Å². The summed E-state index contributed by atoms with van der Waals surface area (Å²) in [6, 6.07) is 18.6. The van der Waals surface area contributed by atoms with Gasteiger partial charge in [0.15, 0.2) is 0 Å². The van der Waals surface area contributed by atoms with E-state index in [2.05, 4.69) is 10.3 Å². The molecule has 4 aromatic rings. The smallest absolute Gasteiger partial charge is 0.257 e. The first-order chi connectivity index (χ1) is 12.7. The van der Waals surface area contributed by atoms with Crippen LogP contribution < -0.4 is 15.8 Å². The lowest BCUT2D eigenvalue weighted by molar-refractivity contribution is 0.102. The van der Waals surface area contributed by atoms with Gasteiger partial charge >= 0.3 is 0 Å². The molecule has 0 aliphatic rings. The molecule has 2 aromatic heterocycles. The van der Waals surface area contributed by atoms with Gasteiger partial charge in [-0.15, -0.1) is 11.3 Å². The van der Waals surface area contributed by atoms with Gasteiger partial charge in [-0.1, -0.05) is 24.3 Å². The number of nitrogens with one attached hydrogen (secondary N) is 1. The number of carbonyl (C=O) groups is 1. The summed E-state index contributed by atoms with van der Waals surface area (Å²) in [5.41, 5.74) is 7.10. The fraction of sp³-hybridized carbons (Fsp3) is 0. The highest BCUT2D eigenvalue weighted by molar-refractivity contribution is 7.17. The molecule has 26 heavy (non-hydrogen) atoms. The maximum atomic E-state index is 12.7. The number of nitrogen functional groups attached to an aromatic ring is 1. The third kappa shape index (κ3) is 3.22. The van der Waals surface area contributed by atoms with Crippen LogP contribution in [0.3, 0.4) is 0 Å².